The van der Waals surface area contributed by atoms with Crippen molar-refractivity contribution in [3.63, 3.8) is 0 Å². The number of hydrogen-bond donors (Lipinski definition) is 1. The quantitative estimate of drug-likeness (QED) is 0.884. The molecule has 1 aliphatic heterocycles. The first-order valence-electron chi connectivity index (χ1n) is 8.00. The topological polar surface area (TPSA) is 35.2 Å². The van der Waals surface area contributed by atoms with Crippen LogP contribution in [0.25, 0.3) is 0 Å². The van der Waals surface area contributed by atoms with Crippen molar-refractivity contribution in [1.82, 2.24) is 0 Å². The zero-order valence-electron chi connectivity index (χ0n) is 12.8. The smallest absolute Gasteiger partial charge is 0.0845 e. The molecule has 1 aromatic carbocycles. The Labute approximate surface area is 122 Å². The van der Waals surface area contributed by atoms with Gasteiger partial charge in [0.15, 0.2) is 0 Å². The molecule has 2 N–H and O–H groups in total. The summed E-state index contributed by atoms with van der Waals surface area (Å²) in [4.78, 5) is 0. The Balaban J connectivity index is 1.85. The lowest BCUT2D eigenvalue weighted by Gasteiger charge is -2.49. The van der Waals surface area contributed by atoms with Gasteiger partial charge in [-0.1, -0.05) is 51.0 Å². The third-order valence-electron chi connectivity index (χ3n) is 5.66. The predicted molar refractivity (Wildman–Crippen MR) is 82.6 cm³/mol. The number of fused-ring (bicyclic) bond motifs is 1. The summed E-state index contributed by atoms with van der Waals surface area (Å²) in [5, 5.41) is 0. The molecular formula is C18H27NO. The minimum Gasteiger partial charge on any atom is -0.373 e. The monoisotopic (exact) mass is 273 g/mol. The second-order valence-electron chi connectivity index (χ2n) is 7.26. The van der Waals surface area contributed by atoms with E-state index in [1.165, 1.54) is 30.4 Å². The van der Waals surface area contributed by atoms with Crippen molar-refractivity contribution < 1.29 is 4.74 Å². The molecule has 1 heterocycles. The lowest BCUT2D eigenvalue weighted by atomic mass is 9.61. The van der Waals surface area contributed by atoms with E-state index >= 15 is 0 Å². The van der Waals surface area contributed by atoms with Crippen molar-refractivity contribution in [3.8, 4) is 0 Å². The Hall–Kier alpha value is -0.860. The number of nitrogens with two attached hydrogens (primary N) is 1. The van der Waals surface area contributed by atoms with E-state index in [-0.39, 0.29) is 17.1 Å². The molecule has 0 spiro atoms. The van der Waals surface area contributed by atoms with Crippen LogP contribution in [0, 0.1) is 5.41 Å². The second-order valence-corrected chi connectivity index (χ2v) is 7.26. The van der Waals surface area contributed by atoms with Gasteiger partial charge in [0.2, 0.25) is 0 Å². The summed E-state index contributed by atoms with van der Waals surface area (Å²) in [7, 11) is 0. The Morgan fingerprint density at radius 3 is 2.75 bits per heavy atom. The molecule has 1 fully saturated rings. The van der Waals surface area contributed by atoms with Gasteiger partial charge in [-0.05, 0) is 42.2 Å². The van der Waals surface area contributed by atoms with E-state index in [0.29, 0.717) is 0 Å². The minimum absolute atomic E-state index is 0.0969. The molecule has 0 bridgehead atoms. The first-order valence-corrected chi connectivity index (χ1v) is 8.00. The highest BCUT2D eigenvalue weighted by atomic mass is 16.5. The van der Waals surface area contributed by atoms with Gasteiger partial charge in [0.05, 0.1) is 12.7 Å². The van der Waals surface area contributed by atoms with Crippen molar-refractivity contribution in [2.75, 3.05) is 6.61 Å². The van der Waals surface area contributed by atoms with Gasteiger partial charge in [0.1, 0.15) is 0 Å². The van der Waals surface area contributed by atoms with Crippen molar-refractivity contribution in [2.24, 2.45) is 11.1 Å². The Bertz CT molecular complexity index is 482. The maximum Gasteiger partial charge on any atom is 0.0845 e. The summed E-state index contributed by atoms with van der Waals surface area (Å²) in [6, 6.07) is 8.71. The zero-order valence-corrected chi connectivity index (χ0v) is 12.8. The molecule has 0 saturated heterocycles. The molecular weight excluding hydrogens is 246 g/mol. The summed E-state index contributed by atoms with van der Waals surface area (Å²) in [6.45, 7) is 5.50. The van der Waals surface area contributed by atoms with Crippen molar-refractivity contribution in [3.05, 3.63) is 35.4 Å². The van der Waals surface area contributed by atoms with Crippen LogP contribution in [0.2, 0.25) is 0 Å². The van der Waals surface area contributed by atoms with Gasteiger partial charge >= 0.3 is 0 Å². The van der Waals surface area contributed by atoms with Crippen LogP contribution in [0.15, 0.2) is 24.3 Å². The highest BCUT2D eigenvalue weighted by Gasteiger charge is 2.45. The normalized spacial score (nSPS) is 32.6. The number of rotatable bonds is 2. The average molecular weight is 273 g/mol. The van der Waals surface area contributed by atoms with E-state index in [9.17, 15) is 0 Å². The molecule has 2 atom stereocenters. The van der Waals surface area contributed by atoms with Crippen LogP contribution in [0.5, 0.6) is 0 Å². The zero-order chi connectivity index (χ0) is 14.2. The van der Waals surface area contributed by atoms with Crippen molar-refractivity contribution >= 4 is 0 Å². The molecule has 2 unspecified atom stereocenters. The van der Waals surface area contributed by atoms with Crippen LogP contribution in [0.3, 0.4) is 0 Å². The fraction of sp³-hybridized carbons (Fsp3) is 0.667. The number of benzene rings is 1. The number of hydrogen-bond acceptors (Lipinski definition) is 2. The molecule has 0 radical (unpaired) electrons. The van der Waals surface area contributed by atoms with Gasteiger partial charge in [-0.25, -0.2) is 0 Å². The second kappa shape index (κ2) is 5.16. The molecule has 1 aliphatic carbocycles. The standard InChI is InChI=1S/C18H27NO/c1-17(2)10-5-6-11-18(17,19)13-16-15-8-4-3-7-14(15)9-12-20-16/h3-4,7-8,16H,5-6,9-13,19H2,1-2H3. The fourth-order valence-corrected chi connectivity index (χ4v) is 3.95. The van der Waals surface area contributed by atoms with Crippen LogP contribution in [0.4, 0.5) is 0 Å². The lowest BCUT2D eigenvalue weighted by molar-refractivity contribution is -0.0143. The Morgan fingerprint density at radius 1 is 1.20 bits per heavy atom. The van der Waals surface area contributed by atoms with E-state index in [4.69, 9.17) is 10.5 Å². The highest BCUT2D eigenvalue weighted by Crippen LogP contribution is 2.47. The molecule has 2 heteroatoms. The SMILES string of the molecule is CC1(C)CCCCC1(N)CC1OCCc2ccccc21. The summed E-state index contributed by atoms with van der Waals surface area (Å²) in [5.41, 5.74) is 9.77. The average Bonchev–Trinajstić information content (AvgIpc) is 2.43. The van der Waals surface area contributed by atoms with E-state index in [1.807, 2.05) is 0 Å². The molecule has 2 aliphatic rings. The summed E-state index contributed by atoms with van der Waals surface area (Å²) >= 11 is 0. The van der Waals surface area contributed by atoms with Crippen LogP contribution in [-0.2, 0) is 11.2 Å². The van der Waals surface area contributed by atoms with Crippen LogP contribution in [-0.4, -0.2) is 12.1 Å². The first-order chi connectivity index (χ1) is 9.52. The van der Waals surface area contributed by atoms with E-state index in [1.54, 1.807) is 0 Å². The van der Waals surface area contributed by atoms with E-state index in [2.05, 4.69) is 38.1 Å². The number of ether oxygens (including phenoxy) is 1. The van der Waals surface area contributed by atoms with Crippen LogP contribution >= 0.6 is 0 Å². The third kappa shape index (κ3) is 2.40. The largest absolute Gasteiger partial charge is 0.373 e. The first kappa shape index (κ1) is 14.1. The molecule has 0 amide bonds. The molecule has 1 aromatic rings. The third-order valence-corrected chi connectivity index (χ3v) is 5.66. The van der Waals surface area contributed by atoms with Gasteiger partial charge in [0, 0.05) is 5.54 Å². The van der Waals surface area contributed by atoms with Gasteiger partial charge < -0.3 is 10.5 Å². The fourth-order valence-electron chi connectivity index (χ4n) is 3.95. The highest BCUT2D eigenvalue weighted by molar-refractivity contribution is 5.31. The lowest BCUT2D eigenvalue weighted by Crippen LogP contribution is -2.55. The Kier molecular flexibility index (Phi) is 3.64. The summed E-state index contributed by atoms with van der Waals surface area (Å²) < 4.78 is 6.09. The van der Waals surface area contributed by atoms with E-state index in [0.717, 1.165) is 25.9 Å². The minimum atomic E-state index is -0.0969. The summed E-state index contributed by atoms with van der Waals surface area (Å²) in [6.07, 6.45) is 7.11. The molecule has 2 nitrogen and oxygen atoms in total. The van der Waals surface area contributed by atoms with E-state index < -0.39 is 0 Å². The van der Waals surface area contributed by atoms with Crippen LogP contribution in [0.1, 0.15) is 63.2 Å². The molecule has 0 aromatic heterocycles. The summed E-state index contributed by atoms with van der Waals surface area (Å²) in [5.74, 6) is 0. The van der Waals surface area contributed by atoms with Crippen molar-refractivity contribution in [2.45, 2.75) is 64.0 Å². The van der Waals surface area contributed by atoms with Crippen molar-refractivity contribution in [1.29, 1.82) is 0 Å². The van der Waals surface area contributed by atoms with Gasteiger partial charge in [-0.2, -0.15) is 0 Å². The van der Waals surface area contributed by atoms with Gasteiger partial charge in [-0.15, -0.1) is 0 Å². The predicted octanol–water partition coefficient (Wildman–Crippen LogP) is 3.99. The molecule has 110 valence electrons. The van der Waals surface area contributed by atoms with Gasteiger partial charge in [0.25, 0.3) is 0 Å². The van der Waals surface area contributed by atoms with Gasteiger partial charge in [-0.3, -0.25) is 0 Å². The maximum absolute atomic E-state index is 6.84. The molecule has 1 saturated carbocycles. The molecule has 3 rings (SSSR count). The van der Waals surface area contributed by atoms with Crippen LogP contribution < -0.4 is 5.73 Å². The maximum atomic E-state index is 6.84. The Morgan fingerprint density at radius 2 is 1.95 bits per heavy atom. The molecule has 20 heavy (non-hydrogen) atoms.